The maximum atomic E-state index is 12.1. The molecule has 1 amide bonds. The first-order chi connectivity index (χ1) is 10.6. The molecule has 0 unspecified atom stereocenters. The second kappa shape index (κ2) is 6.11. The Kier molecular flexibility index (Phi) is 4.02. The minimum atomic E-state index is -0.0510. The minimum Gasteiger partial charge on any atom is -0.347 e. The van der Waals surface area contributed by atoms with Gasteiger partial charge < -0.3 is 5.32 Å². The highest BCUT2D eigenvalue weighted by molar-refractivity contribution is 7.12. The average Bonchev–Trinajstić information content (AvgIpc) is 3.14. The lowest BCUT2D eigenvalue weighted by molar-refractivity contribution is 0.0955. The SMILES string of the molecule is Cc1csc(C(=O)NCc2cncc(-c3cnn(C)c3)c2)c1. The zero-order chi connectivity index (χ0) is 15.5. The summed E-state index contributed by atoms with van der Waals surface area (Å²) in [6, 6.07) is 3.91. The molecule has 112 valence electrons. The van der Waals surface area contributed by atoms with Crippen LogP contribution in [0.15, 0.2) is 42.3 Å². The van der Waals surface area contributed by atoms with Crippen LogP contribution >= 0.6 is 11.3 Å². The molecule has 3 heterocycles. The Balaban J connectivity index is 1.69. The van der Waals surface area contributed by atoms with Gasteiger partial charge in [0.05, 0.1) is 11.1 Å². The second-order valence-electron chi connectivity index (χ2n) is 5.16. The zero-order valence-corrected chi connectivity index (χ0v) is 13.2. The highest BCUT2D eigenvalue weighted by atomic mass is 32.1. The van der Waals surface area contributed by atoms with Crippen LogP contribution in [0.3, 0.4) is 0 Å². The molecule has 0 bridgehead atoms. The van der Waals surface area contributed by atoms with Gasteiger partial charge in [0.2, 0.25) is 0 Å². The molecule has 3 rings (SSSR count). The number of carbonyl (C=O) groups excluding carboxylic acids is 1. The fraction of sp³-hybridized carbons (Fsp3) is 0.188. The van der Waals surface area contributed by atoms with E-state index in [1.54, 1.807) is 23.3 Å². The number of thiophene rings is 1. The molecule has 0 aromatic carbocycles. The molecular formula is C16H16N4OS. The van der Waals surface area contributed by atoms with E-state index < -0.39 is 0 Å². The van der Waals surface area contributed by atoms with Crippen LogP contribution in [-0.4, -0.2) is 20.7 Å². The number of aromatic nitrogens is 3. The van der Waals surface area contributed by atoms with Crippen LogP contribution in [0, 0.1) is 6.92 Å². The van der Waals surface area contributed by atoms with E-state index in [0.717, 1.165) is 27.1 Å². The first-order valence-corrected chi connectivity index (χ1v) is 7.76. The van der Waals surface area contributed by atoms with Crippen molar-refractivity contribution >= 4 is 17.2 Å². The second-order valence-corrected chi connectivity index (χ2v) is 6.07. The molecule has 0 aliphatic rings. The van der Waals surface area contributed by atoms with Crippen LogP contribution in [0.5, 0.6) is 0 Å². The summed E-state index contributed by atoms with van der Waals surface area (Å²) in [6.07, 6.45) is 7.30. The summed E-state index contributed by atoms with van der Waals surface area (Å²) in [4.78, 5) is 17.0. The minimum absolute atomic E-state index is 0.0510. The van der Waals surface area contributed by atoms with Gasteiger partial charge in [-0.2, -0.15) is 5.10 Å². The Morgan fingerprint density at radius 3 is 2.82 bits per heavy atom. The van der Waals surface area contributed by atoms with Gasteiger partial charge in [0.1, 0.15) is 0 Å². The van der Waals surface area contributed by atoms with Gasteiger partial charge in [-0.15, -0.1) is 11.3 Å². The summed E-state index contributed by atoms with van der Waals surface area (Å²) >= 11 is 1.46. The molecule has 22 heavy (non-hydrogen) atoms. The molecule has 1 N–H and O–H groups in total. The van der Waals surface area contributed by atoms with Crippen LogP contribution in [0.25, 0.3) is 11.1 Å². The van der Waals surface area contributed by atoms with Crippen molar-refractivity contribution in [3.63, 3.8) is 0 Å². The number of hydrogen-bond acceptors (Lipinski definition) is 4. The Hall–Kier alpha value is -2.47. The van der Waals surface area contributed by atoms with E-state index in [1.807, 2.05) is 37.7 Å². The summed E-state index contributed by atoms with van der Waals surface area (Å²) in [5.41, 5.74) is 4.07. The molecule has 0 aliphatic heterocycles. The number of pyridine rings is 1. The fourth-order valence-electron chi connectivity index (χ4n) is 2.13. The molecule has 6 heteroatoms. The molecule has 0 radical (unpaired) electrons. The standard InChI is InChI=1S/C16H16N4OS/c1-11-3-15(22-10-11)16(21)18-6-12-4-13(7-17-5-12)14-8-19-20(2)9-14/h3-5,7-10H,6H2,1-2H3,(H,18,21). The maximum Gasteiger partial charge on any atom is 0.261 e. The number of hydrogen-bond donors (Lipinski definition) is 1. The largest absolute Gasteiger partial charge is 0.347 e. The van der Waals surface area contributed by atoms with E-state index in [0.29, 0.717) is 6.54 Å². The van der Waals surface area contributed by atoms with Crippen LogP contribution in [0.2, 0.25) is 0 Å². The topological polar surface area (TPSA) is 59.8 Å². The van der Waals surface area contributed by atoms with E-state index in [4.69, 9.17) is 0 Å². The number of nitrogens with one attached hydrogen (secondary N) is 1. The van der Waals surface area contributed by atoms with E-state index in [9.17, 15) is 4.79 Å². The van der Waals surface area contributed by atoms with E-state index in [2.05, 4.69) is 15.4 Å². The van der Waals surface area contributed by atoms with Crippen molar-refractivity contribution in [3.8, 4) is 11.1 Å². The first-order valence-electron chi connectivity index (χ1n) is 6.88. The van der Waals surface area contributed by atoms with Crippen molar-refractivity contribution in [3.05, 3.63) is 58.3 Å². The predicted octanol–water partition coefficient (Wildman–Crippen LogP) is 2.78. The summed E-state index contributed by atoms with van der Waals surface area (Å²) in [5, 5.41) is 9.05. The van der Waals surface area contributed by atoms with Gasteiger partial charge >= 0.3 is 0 Å². The average molecular weight is 312 g/mol. The van der Waals surface area contributed by atoms with Crippen molar-refractivity contribution in [2.24, 2.45) is 7.05 Å². The lowest BCUT2D eigenvalue weighted by Gasteiger charge is -2.05. The molecule has 3 aromatic rings. The molecule has 5 nitrogen and oxygen atoms in total. The zero-order valence-electron chi connectivity index (χ0n) is 12.4. The highest BCUT2D eigenvalue weighted by Gasteiger charge is 2.08. The summed E-state index contributed by atoms with van der Waals surface area (Å²) < 4.78 is 1.75. The van der Waals surface area contributed by atoms with Crippen LogP contribution in [-0.2, 0) is 13.6 Å². The van der Waals surface area contributed by atoms with Gasteiger partial charge in [0.15, 0.2) is 0 Å². The molecule has 0 atom stereocenters. The van der Waals surface area contributed by atoms with Crippen LogP contribution in [0.1, 0.15) is 20.8 Å². The third-order valence-corrected chi connectivity index (χ3v) is 4.29. The van der Waals surface area contributed by atoms with Crippen molar-refractivity contribution < 1.29 is 4.79 Å². The van der Waals surface area contributed by atoms with Crippen molar-refractivity contribution in [2.75, 3.05) is 0 Å². The molecular weight excluding hydrogens is 296 g/mol. The van der Waals surface area contributed by atoms with Crippen molar-refractivity contribution in [1.29, 1.82) is 0 Å². The first kappa shape index (κ1) is 14.5. The molecule has 0 fully saturated rings. The van der Waals surface area contributed by atoms with Gasteiger partial charge in [-0.05, 0) is 35.6 Å². The number of amides is 1. The molecule has 3 aromatic heterocycles. The lowest BCUT2D eigenvalue weighted by atomic mass is 10.1. The quantitative estimate of drug-likeness (QED) is 0.806. The summed E-state index contributed by atoms with van der Waals surface area (Å²) in [5.74, 6) is -0.0510. The summed E-state index contributed by atoms with van der Waals surface area (Å²) in [6.45, 7) is 2.44. The van der Waals surface area contributed by atoms with Crippen molar-refractivity contribution in [2.45, 2.75) is 13.5 Å². The third kappa shape index (κ3) is 3.23. The van der Waals surface area contributed by atoms with Gasteiger partial charge in [-0.3, -0.25) is 14.5 Å². The van der Waals surface area contributed by atoms with Crippen molar-refractivity contribution in [1.82, 2.24) is 20.1 Å². The Morgan fingerprint density at radius 1 is 1.27 bits per heavy atom. The molecule has 0 spiro atoms. The van der Waals surface area contributed by atoms with E-state index in [1.165, 1.54) is 11.3 Å². The Labute approximate surface area is 132 Å². The number of rotatable bonds is 4. The monoisotopic (exact) mass is 312 g/mol. The molecule has 0 saturated carbocycles. The Bertz CT molecular complexity index is 806. The molecule has 0 saturated heterocycles. The number of aryl methyl sites for hydroxylation is 2. The third-order valence-electron chi connectivity index (χ3n) is 3.24. The van der Waals surface area contributed by atoms with E-state index in [-0.39, 0.29) is 5.91 Å². The normalized spacial score (nSPS) is 10.6. The highest BCUT2D eigenvalue weighted by Crippen LogP contribution is 2.18. The Morgan fingerprint density at radius 2 is 2.14 bits per heavy atom. The van der Waals surface area contributed by atoms with Gasteiger partial charge in [0.25, 0.3) is 5.91 Å². The van der Waals surface area contributed by atoms with Gasteiger partial charge in [0, 0.05) is 43.3 Å². The van der Waals surface area contributed by atoms with Gasteiger partial charge in [-0.25, -0.2) is 0 Å². The predicted molar refractivity (Wildman–Crippen MR) is 86.7 cm³/mol. The fourth-order valence-corrected chi connectivity index (χ4v) is 2.95. The van der Waals surface area contributed by atoms with Crippen LogP contribution in [0.4, 0.5) is 0 Å². The maximum absolute atomic E-state index is 12.1. The smallest absolute Gasteiger partial charge is 0.261 e. The van der Waals surface area contributed by atoms with Crippen LogP contribution < -0.4 is 5.32 Å². The van der Waals surface area contributed by atoms with E-state index >= 15 is 0 Å². The number of nitrogens with zero attached hydrogens (tertiary/aromatic N) is 3. The number of carbonyl (C=O) groups is 1. The van der Waals surface area contributed by atoms with Gasteiger partial charge in [-0.1, -0.05) is 0 Å². The molecule has 0 aliphatic carbocycles. The summed E-state index contributed by atoms with van der Waals surface area (Å²) in [7, 11) is 1.88. The lowest BCUT2D eigenvalue weighted by Crippen LogP contribution is -2.21.